The molecule has 1 aromatic carbocycles. The Balaban J connectivity index is 1.44. The third-order valence-corrected chi connectivity index (χ3v) is 4.53. The average Bonchev–Trinajstić information content (AvgIpc) is 3.14. The smallest absolute Gasteiger partial charge is 0.319 e. The number of nitrogens with one attached hydrogen (secondary N) is 2. The van der Waals surface area contributed by atoms with E-state index in [4.69, 9.17) is 4.74 Å². The summed E-state index contributed by atoms with van der Waals surface area (Å²) in [7, 11) is 0. The first-order valence-corrected chi connectivity index (χ1v) is 8.86. The molecular formula is C20H25N3O2. The van der Waals surface area contributed by atoms with E-state index >= 15 is 0 Å². The molecule has 132 valence electrons. The molecule has 1 saturated carbocycles. The van der Waals surface area contributed by atoms with Gasteiger partial charge in [-0.05, 0) is 49.1 Å². The van der Waals surface area contributed by atoms with Crippen LogP contribution in [-0.4, -0.2) is 17.1 Å². The van der Waals surface area contributed by atoms with Crippen LogP contribution in [0.3, 0.4) is 0 Å². The number of aryl methyl sites for hydroxylation is 1. The van der Waals surface area contributed by atoms with Crippen molar-refractivity contribution in [3.63, 3.8) is 0 Å². The van der Waals surface area contributed by atoms with Gasteiger partial charge in [0.1, 0.15) is 0 Å². The van der Waals surface area contributed by atoms with E-state index < -0.39 is 0 Å². The maximum absolute atomic E-state index is 12.0. The van der Waals surface area contributed by atoms with Crippen molar-refractivity contribution in [2.24, 2.45) is 0 Å². The van der Waals surface area contributed by atoms with Crippen LogP contribution in [0, 0.1) is 6.92 Å². The first kappa shape index (κ1) is 17.4. The number of pyridine rings is 1. The van der Waals surface area contributed by atoms with Crippen molar-refractivity contribution in [1.82, 2.24) is 10.3 Å². The lowest BCUT2D eigenvalue weighted by molar-refractivity contribution is 0.0457. The average molecular weight is 339 g/mol. The fraction of sp³-hybridized carbons (Fsp3) is 0.400. The van der Waals surface area contributed by atoms with Gasteiger partial charge >= 0.3 is 6.03 Å². The predicted octanol–water partition coefficient (Wildman–Crippen LogP) is 4.17. The zero-order valence-corrected chi connectivity index (χ0v) is 14.6. The van der Waals surface area contributed by atoms with Gasteiger partial charge in [0.05, 0.1) is 24.9 Å². The van der Waals surface area contributed by atoms with Crippen molar-refractivity contribution in [2.45, 2.75) is 51.9 Å². The molecule has 2 N–H and O–H groups in total. The molecule has 1 aromatic heterocycles. The van der Waals surface area contributed by atoms with Crippen molar-refractivity contribution in [1.29, 1.82) is 0 Å². The summed E-state index contributed by atoms with van der Waals surface area (Å²) in [4.78, 5) is 16.3. The van der Waals surface area contributed by atoms with Crippen molar-refractivity contribution in [2.75, 3.05) is 5.32 Å². The summed E-state index contributed by atoms with van der Waals surface area (Å²) in [6.45, 7) is 3.02. The zero-order valence-electron chi connectivity index (χ0n) is 14.6. The van der Waals surface area contributed by atoms with Gasteiger partial charge in [-0.2, -0.15) is 0 Å². The van der Waals surface area contributed by atoms with Crippen LogP contribution in [0.15, 0.2) is 42.6 Å². The monoisotopic (exact) mass is 339 g/mol. The van der Waals surface area contributed by atoms with Gasteiger partial charge in [0.25, 0.3) is 0 Å². The van der Waals surface area contributed by atoms with Crippen molar-refractivity contribution >= 4 is 11.7 Å². The van der Waals surface area contributed by atoms with Gasteiger partial charge in [-0.1, -0.05) is 31.0 Å². The number of rotatable bonds is 6. The molecule has 0 radical (unpaired) electrons. The normalized spacial score (nSPS) is 14.4. The van der Waals surface area contributed by atoms with Crippen LogP contribution in [0.1, 0.15) is 42.5 Å². The van der Waals surface area contributed by atoms with Gasteiger partial charge < -0.3 is 15.4 Å². The Morgan fingerprint density at radius 1 is 1.20 bits per heavy atom. The molecule has 0 saturated heterocycles. The summed E-state index contributed by atoms with van der Waals surface area (Å²) < 4.78 is 5.90. The molecule has 5 nitrogen and oxygen atoms in total. The summed E-state index contributed by atoms with van der Waals surface area (Å²) in [5.41, 5.74) is 3.83. The topological polar surface area (TPSA) is 63.2 Å². The Morgan fingerprint density at radius 3 is 2.68 bits per heavy atom. The first-order valence-electron chi connectivity index (χ1n) is 8.86. The molecule has 0 aliphatic heterocycles. The quantitative estimate of drug-likeness (QED) is 0.830. The number of hydrogen-bond acceptors (Lipinski definition) is 3. The molecule has 1 fully saturated rings. The van der Waals surface area contributed by atoms with Crippen LogP contribution in [0.5, 0.6) is 0 Å². The number of hydrogen-bond donors (Lipinski definition) is 2. The largest absolute Gasteiger partial charge is 0.374 e. The van der Waals surface area contributed by atoms with Gasteiger partial charge in [-0.3, -0.25) is 4.98 Å². The van der Waals surface area contributed by atoms with Crippen LogP contribution in [0.25, 0.3) is 0 Å². The zero-order chi connectivity index (χ0) is 17.5. The Hall–Kier alpha value is -2.40. The van der Waals surface area contributed by atoms with E-state index in [0.717, 1.165) is 22.5 Å². The molecule has 0 atom stereocenters. The Labute approximate surface area is 148 Å². The number of urea groups is 1. The van der Waals surface area contributed by atoms with E-state index in [1.165, 1.54) is 25.7 Å². The van der Waals surface area contributed by atoms with E-state index in [0.29, 0.717) is 19.3 Å². The second-order valence-corrected chi connectivity index (χ2v) is 6.49. The van der Waals surface area contributed by atoms with Gasteiger partial charge in [-0.25, -0.2) is 4.79 Å². The highest BCUT2D eigenvalue weighted by Crippen LogP contribution is 2.22. The lowest BCUT2D eigenvalue weighted by atomic mass is 10.2. The molecule has 3 rings (SSSR count). The molecule has 25 heavy (non-hydrogen) atoms. The summed E-state index contributed by atoms with van der Waals surface area (Å²) in [6.07, 6.45) is 7.06. The summed E-state index contributed by atoms with van der Waals surface area (Å²) in [6, 6.07) is 11.4. The predicted molar refractivity (Wildman–Crippen MR) is 98.3 cm³/mol. The number of amides is 2. The van der Waals surface area contributed by atoms with Crippen molar-refractivity contribution in [3.05, 3.63) is 59.4 Å². The summed E-state index contributed by atoms with van der Waals surface area (Å²) in [5.74, 6) is 0. The second-order valence-electron chi connectivity index (χ2n) is 6.49. The minimum atomic E-state index is -0.236. The number of carbonyl (C=O) groups excluding carboxylic acids is 1. The van der Waals surface area contributed by atoms with E-state index in [1.54, 1.807) is 6.20 Å². The van der Waals surface area contributed by atoms with Crippen LogP contribution < -0.4 is 10.6 Å². The third-order valence-electron chi connectivity index (χ3n) is 4.53. The summed E-state index contributed by atoms with van der Waals surface area (Å²) >= 11 is 0. The van der Waals surface area contributed by atoms with E-state index in [9.17, 15) is 4.79 Å². The summed E-state index contributed by atoms with van der Waals surface area (Å²) in [5, 5.41) is 5.67. The number of benzene rings is 1. The van der Waals surface area contributed by atoms with Crippen LogP contribution >= 0.6 is 0 Å². The molecule has 5 heteroatoms. The fourth-order valence-electron chi connectivity index (χ4n) is 3.00. The van der Waals surface area contributed by atoms with E-state index in [1.807, 2.05) is 43.3 Å². The van der Waals surface area contributed by atoms with Crippen molar-refractivity contribution < 1.29 is 9.53 Å². The maximum atomic E-state index is 12.0. The minimum Gasteiger partial charge on any atom is -0.374 e. The van der Waals surface area contributed by atoms with Gasteiger partial charge in [0.2, 0.25) is 0 Å². The number of anilines is 1. The van der Waals surface area contributed by atoms with Gasteiger partial charge in [0.15, 0.2) is 0 Å². The lowest BCUT2D eigenvalue weighted by Crippen LogP contribution is -2.28. The number of nitrogens with zero attached hydrogens (tertiary/aromatic N) is 1. The molecule has 2 amide bonds. The van der Waals surface area contributed by atoms with Crippen molar-refractivity contribution in [3.8, 4) is 0 Å². The molecule has 1 heterocycles. The Bertz CT molecular complexity index is 694. The van der Waals surface area contributed by atoms with Crippen LogP contribution in [-0.2, 0) is 17.9 Å². The molecule has 1 aliphatic carbocycles. The van der Waals surface area contributed by atoms with Crippen LogP contribution in [0.2, 0.25) is 0 Å². The second kappa shape index (κ2) is 8.62. The third kappa shape index (κ3) is 5.29. The molecule has 0 spiro atoms. The fourth-order valence-corrected chi connectivity index (χ4v) is 3.00. The molecule has 0 bridgehead atoms. The number of carbonyl (C=O) groups is 1. The Kier molecular flexibility index (Phi) is 6.01. The van der Waals surface area contributed by atoms with E-state index in [-0.39, 0.29) is 6.03 Å². The highest BCUT2D eigenvalue weighted by molar-refractivity contribution is 5.89. The number of ether oxygens (including phenoxy) is 1. The van der Waals surface area contributed by atoms with E-state index in [2.05, 4.69) is 15.6 Å². The minimum absolute atomic E-state index is 0.236. The highest BCUT2D eigenvalue weighted by Gasteiger charge is 2.15. The highest BCUT2D eigenvalue weighted by atomic mass is 16.5. The first-order chi connectivity index (χ1) is 12.2. The molecule has 0 unspecified atom stereocenters. The Morgan fingerprint density at radius 2 is 1.96 bits per heavy atom. The van der Waals surface area contributed by atoms with Crippen LogP contribution in [0.4, 0.5) is 10.5 Å². The lowest BCUT2D eigenvalue weighted by Gasteiger charge is -2.12. The number of aromatic nitrogens is 1. The van der Waals surface area contributed by atoms with Gasteiger partial charge in [0, 0.05) is 11.9 Å². The molecule has 2 aromatic rings. The molecular weight excluding hydrogens is 314 g/mol. The molecule has 1 aliphatic rings. The standard InChI is InChI=1S/C20H25N3O2/c1-15-5-4-12-21-19(15)13-22-20(24)23-17-10-8-16(9-11-17)14-25-18-6-2-3-7-18/h4-5,8-12,18H,2-3,6-7,13-14H2,1H3,(H2,22,23,24). The van der Waals surface area contributed by atoms with Gasteiger partial charge in [-0.15, -0.1) is 0 Å². The SMILES string of the molecule is Cc1cccnc1CNC(=O)Nc1ccc(COC2CCCC2)cc1. The maximum Gasteiger partial charge on any atom is 0.319 e.